The predicted octanol–water partition coefficient (Wildman–Crippen LogP) is 3.96. The van der Waals surface area contributed by atoms with Gasteiger partial charge in [0.05, 0.1) is 18.5 Å². The summed E-state index contributed by atoms with van der Waals surface area (Å²) in [7, 11) is 2.01. The third-order valence-corrected chi connectivity index (χ3v) is 5.15. The van der Waals surface area contributed by atoms with Crippen LogP contribution in [0.1, 0.15) is 59.3 Å². The highest BCUT2D eigenvalue weighted by Crippen LogP contribution is 2.39. The molecular weight excluding hydrogens is 284 g/mol. The Labute approximate surface area is 122 Å². The molecule has 1 fully saturated rings. The van der Waals surface area contributed by atoms with Crippen molar-refractivity contribution in [3.05, 3.63) is 0 Å². The predicted molar refractivity (Wildman–Crippen MR) is 80.0 cm³/mol. The fourth-order valence-electron chi connectivity index (χ4n) is 3.05. The van der Waals surface area contributed by atoms with Crippen LogP contribution in [0.25, 0.3) is 0 Å². The van der Waals surface area contributed by atoms with Crippen LogP contribution in [0.4, 0.5) is 0 Å². The summed E-state index contributed by atoms with van der Waals surface area (Å²) in [4.78, 5) is 0. The van der Waals surface area contributed by atoms with Crippen molar-refractivity contribution in [1.82, 2.24) is 0 Å². The average molecular weight is 311 g/mol. The molecule has 0 amide bonds. The highest BCUT2D eigenvalue weighted by Gasteiger charge is 2.37. The van der Waals surface area contributed by atoms with Crippen molar-refractivity contribution in [2.24, 2.45) is 11.3 Å². The van der Waals surface area contributed by atoms with Gasteiger partial charge in [0, 0.05) is 16.1 Å². The van der Waals surface area contributed by atoms with E-state index in [1.165, 1.54) is 6.42 Å². The molecule has 0 aliphatic heterocycles. The highest BCUT2D eigenvalue weighted by molar-refractivity contribution is 8.13. The second-order valence-corrected chi connectivity index (χ2v) is 9.27. The molecule has 0 heterocycles. The van der Waals surface area contributed by atoms with Crippen LogP contribution in [0.3, 0.4) is 0 Å². The van der Waals surface area contributed by atoms with Gasteiger partial charge in [0.25, 0.3) is 0 Å². The normalized spacial score (nSPS) is 21.5. The van der Waals surface area contributed by atoms with Crippen molar-refractivity contribution in [3.8, 4) is 0 Å². The molecule has 19 heavy (non-hydrogen) atoms. The summed E-state index contributed by atoms with van der Waals surface area (Å²) in [5, 5.41) is 0. The third kappa shape index (κ3) is 6.96. The summed E-state index contributed by atoms with van der Waals surface area (Å²) < 4.78 is 28.8. The molecule has 0 aromatic rings. The lowest BCUT2D eigenvalue weighted by molar-refractivity contribution is -0.0156. The van der Waals surface area contributed by atoms with E-state index in [0.717, 1.165) is 32.1 Å². The summed E-state index contributed by atoms with van der Waals surface area (Å²) >= 11 is 0. The van der Waals surface area contributed by atoms with Crippen LogP contribution < -0.4 is 0 Å². The van der Waals surface area contributed by atoms with Crippen LogP contribution in [0.5, 0.6) is 0 Å². The van der Waals surface area contributed by atoms with Crippen molar-refractivity contribution in [1.29, 1.82) is 0 Å². The quantitative estimate of drug-likeness (QED) is 0.669. The lowest BCUT2D eigenvalue weighted by Crippen LogP contribution is -2.37. The van der Waals surface area contributed by atoms with Crippen LogP contribution in [0.15, 0.2) is 0 Å². The molecule has 3 nitrogen and oxygen atoms in total. The van der Waals surface area contributed by atoms with Gasteiger partial charge >= 0.3 is 0 Å². The Balaban J connectivity index is 2.59. The van der Waals surface area contributed by atoms with E-state index in [2.05, 4.69) is 20.8 Å². The molecule has 0 spiro atoms. The molecule has 1 rings (SSSR count). The van der Waals surface area contributed by atoms with Gasteiger partial charge in [0.15, 0.2) is 0 Å². The minimum atomic E-state index is -3.46. The number of hydrogen-bond acceptors (Lipinski definition) is 3. The molecule has 1 unspecified atom stereocenters. The van der Waals surface area contributed by atoms with E-state index in [1.54, 1.807) is 0 Å². The van der Waals surface area contributed by atoms with E-state index in [-0.39, 0.29) is 17.3 Å². The van der Waals surface area contributed by atoms with Crippen molar-refractivity contribution >= 4 is 19.7 Å². The molecule has 0 radical (unpaired) electrons. The monoisotopic (exact) mass is 310 g/mol. The lowest BCUT2D eigenvalue weighted by Gasteiger charge is -2.37. The van der Waals surface area contributed by atoms with Gasteiger partial charge in [0.1, 0.15) is 0 Å². The maximum Gasteiger partial charge on any atom is 0.233 e. The Morgan fingerprint density at radius 1 is 1.16 bits per heavy atom. The first-order valence-electron chi connectivity index (χ1n) is 7.26. The van der Waals surface area contributed by atoms with Crippen LogP contribution in [0, 0.1) is 11.3 Å². The minimum absolute atomic E-state index is 0.0515. The van der Waals surface area contributed by atoms with E-state index in [9.17, 15) is 8.42 Å². The Bertz CT molecular complexity index is 359. The lowest BCUT2D eigenvalue weighted by atomic mass is 9.76. The Kier molecular flexibility index (Phi) is 6.61. The molecule has 1 aliphatic carbocycles. The first kappa shape index (κ1) is 17.3. The molecule has 1 aliphatic rings. The molecular formula is C14H27ClO3S. The molecule has 114 valence electrons. The van der Waals surface area contributed by atoms with Crippen molar-refractivity contribution < 1.29 is 13.2 Å². The van der Waals surface area contributed by atoms with Gasteiger partial charge in [-0.3, -0.25) is 0 Å². The van der Waals surface area contributed by atoms with Crippen LogP contribution in [-0.2, 0) is 13.8 Å². The van der Waals surface area contributed by atoms with Crippen LogP contribution >= 0.6 is 10.7 Å². The van der Waals surface area contributed by atoms with E-state index in [0.29, 0.717) is 12.5 Å². The van der Waals surface area contributed by atoms with Gasteiger partial charge in [-0.05, 0) is 32.1 Å². The third-order valence-electron chi connectivity index (χ3n) is 3.87. The fourth-order valence-corrected chi connectivity index (χ4v) is 4.85. The zero-order valence-corrected chi connectivity index (χ0v) is 13.9. The van der Waals surface area contributed by atoms with E-state index >= 15 is 0 Å². The molecule has 0 saturated heterocycles. The highest BCUT2D eigenvalue weighted by atomic mass is 35.7. The van der Waals surface area contributed by atoms with E-state index in [4.69, 9.17) is 15.4 Å². The largest absolute Gasteiger partial charge is 0.378 e. The van der Waals surface area contributed by atoms with Gasteiger partial charge < -0.3 is 4.74 Å². The second-order valence-electron chi connectivity index (χ2n) is 6.50. The smallest absolute Gasteiger partial charge is 0.233 e. The molecule has 0 aromatic heterocycles. The second kappa shape index (κ2) is 7.28. The number of ether oxygens (including phenoxy) is 1. The average Bonchev–Trinajstić information content (AvgIpc) is 2.24. The van der Waals surface area contributed by atoms with Crippen molar-refractivity contribution in [3.63, 3.8) is 0 Å². The molecule has 0 aromatic carbocycles. The van der Waals surface area contributed by atoms with Gasteiger partial charge in [-0.2, -0.15) is 0 Å². The Morgan fingerprint density at radius 3 is 2.21 bits per heavy atom. The molecule has 1 atom stereocenters. The first-order valence-corrected chi connectivity index (χ1v) is 9.74. The first-order chi connectivity index (χ1) is 8.72. The van der Waals surface area contributed by atoms with Gasteiger partial charge in [-0.25, -0.2) is 8.42 Å². The topological polar surface area (TPSA) is 43.4 Å². The zero-order valence-electron chi connectivity index (χ0n) is 12.3. The standard InChI is InChI=1S/C14H27ClO3S/c1-12(2)9-13(3)18-10-14(11-19(15,16)17)7-5-4-6-8-14/h12-13H,4-11H2,1-3H3. The fraction of sp³-hybridized carbons (Fsp3) is 1.00. The summed E-state index contributed by atoms with van der Waals surface area (Å²) in [5.74, 6) is 0.643. The zero-order chi connectivity index (χ0) is 14.5. The van der Waals surface area contributed by atoms with Crippen LogP contribution in [-0.4, -0.2) is 26.9 Å². The Morgan fingerprint density at radius 2 is 1.74 bits per heavy atom. The maximum atomic E-state index is 11.4. The van der Waals surface area contributed by atoms with Gasteiger partial charge in [0.2, 0.25) is 9.05 Å². The van der Waals surface area contributed by atoms with Gasteiger partial charge in [-0.1, -0.05) is 33.1 Å². The number of halogens is 1. The molecule has 0 bridgehead atoms. The Hall–Kier alpha value is 0.200. The van der Waals surface area contributed by atoms with E-state index in [1.807, 2.05) is 0 Å². The summed E-state index contributed by atoms with van der Waals surface area (Å²) in [6.07, 6.45) is 6.34. The molecule has 5 heteroatoms. The van der Waals surface area contributed by atoms with E-state index < -0.39 is 9.05 Å². The SMILES string of the molecule is CC(C)CC(C)OCC1(CS(=O)(=O)Cl)CCCCC1. The summed E-state index contributed by atoms with van der Waals surface area (Å²) in [5.41, 5.74) is -0.260. The van der Waals surface area contributed by atoms with Crippen LogP contribution in [0.2, 0.25) is 0 Å². The molecule has 0 N–H and O–H groups in total. The van der Waals surface area contributed by atoms with Gasteiger partial charge in [-0.15, -0.1) is 0 Å². The van der Waals surface area contributed by atoms with Crippen molar-refractivity contribution in [2.75, 3.05) is 12.4 Å². The summed E-state index contributed by atoms with van der Waals surface area (Å²) in [6, 6.07) is 0. The summed E-state index contributed by atoms with van der Waals surface area (Å²) in [6.45, 7) is 6.91. The maximum absolute atomic E-state index is 11.4. The number of rotatable bonds is 7. The minimum Gasteiger partial charge on any atom is -0.378 e. The molecule has 1 saturated carbocycles. The number of hydrogen-bond donors (Lipinski definition) is 0. The van der Waals surface area contributed by atoms with Crippen molar-refractivity contribution in [2.45, 2.75) is 65.4 Å².